The van der Waals surface area contributed by atoms with Gasteiger partial charge in [0.25, 0.3) is 11.7 Å². The van der Waals surface area contributed by atoms with Gasteiger partial charge in [0.1, 0.15) is 11.5 Å². The van der Waals surface area contributed by atoms with Crippen LogP contribution in [0.2, 0.25) is 5.02 Å². The van der Waals surface area contributed by atoms with Crippen LogP contribution in [0.25, 0.3) is 5.76 Å². The third kappa shape index (κ3) is 3.31. The molecule has 4 rings (SSSR count). The first kappa shape index (κ1) is 19.7. The zero-order chi connectivity index (χ0) is 21.3. The molecule has 0 saturated carbocycles. The highest BCUT2D eigenvalue weighted by molar-refractivity contribution is 6.52. The van der Waals surface area contributed by atoms with E-state index >= 15 is 0 Å². The first-order valence-electron chi connectivity index (χ1n) is 9.13. The zero-order valence-electron chi connectivity index (χ0n) is 15.9. The highest BCUT2D eigenvalue weighted by Gasteiger charge is 2.47. The molecular weight excluding hydrogens is 404 g/mol. The molecule has 1 aliphatic heterocycles. The molecule has 2 aromatic carbocycles. The Labute approximate surface area is 178 Å². The van der Waals surface area contributed by atoms with E-state index in [1.807, 2.05) is 0 Å². The SMILES string of the molecule is COc1ccccc1N1C(=O)C(=O)/C(=C(/O)c2ccc(Cl)cc2)C1c1cccnc1. The zero-order valence-corrected chi connectivity index (χ0v) is 16.7. The molecule has 0 radical (unpaired) electrons. The number of ketones is 1. The molecule has 1 saturated heterocycles. The minimum atomic E-state index is -0.870. The minimum absolute atomic E-state index is 0.0266. The van der Waals surface area contributed by atoms with E-state index in [0.717, 1.165) is 0 Å². The van der Waals surface area contributed by atoms with Gasteiger partial charge in [-0.15, -0.1) is 0 Å². The Hall–Kier alpha value is -3.64. The van der Waals surface area contributed by atoms with Gasteiger partial charge in [0.2, 0.25) is 0 Å². The fraction of sp³-hybridized carbons (Fsp3) is 0.0870. The molecule has 1 aliphatic rings. The molecule has 1 aromatic heterocycles. The van der Waals surface area contributed by atoms with Gasteiger partial charge in [-0.1, -0.05) is 29.8 Å². The summed E-state index contributed by atoms with van der Waals surface area (Å²) < 4.78 is 5.41. The topological polar surface area (TPSA) is 79.7 Å². The van der Waals surface area contributed by atoms with Crippen LogP contribution in [-0.2, 0) is 9.59 Å². The quantitative estimate of drug-likeness (QED) is 0.385. The summed E-state index contributed by atoms with van der Waals surface area (Å²) in [6.07, 6.45) is 3.16. The standard InChI is InChI=1S/C23H17ClN2O4/c1-30-18-7-3-2-6-17(18)26-20(15-5-4-12-25-13-15)19(22(28)23(26)29)21(27)14-8-10-16(24)11-9-14/h2-13,20,27H,1H3/b21-19+. The lowest BCUT2D eigenvalue weighted by atomic mass is 9.96. The molecule has 7 heteroatoms. The number of hydrogen-bond donors (Lipinski definition) is 1. The van der Waals surface area contributed by atoms with Crippen LogP contribution in [0.1, 0.15) is 17.2 Å². The van der Waals surface area contributed by atoms with Gasteiger partial charge >= 0.3 is 0 Å². The monoisotopic (exact) mass is 420 g/mol. The van der Waals surface area contributed by atoms with E-state index in [2.05, 4.69) is 4.98 Å². The van der Waals surface area contributed by atoms with E-state index in [1.165, 1.54) is 12.0 Å². The van der Waals surface area contributed by atoms with Gasteiger partial charge in [0.05, 0.1) is 24.4 Å². The summed E-state index contributed by atoms with van der Waals surface area (Å²) in [6, 6.07) is 15.9. The molecule has 1 atom stereocenters. The van der Waals surface area contributed by atoms with E-state index in [-0.39, 0.29) is 11.3 Å². The maximum absolute atomic E-state index is 13.1. The second kappa shape index (κ2) is 8.00. The molecule has 1 amide bonds. The molecule has 30 heavy (non-hydrogen) atoms. The third-order valence-corrected chi connectivity index (χ3v) is 5.16. The van der Waals surface area contributed by atoms with E-state index < -0.39 is 17.7 Å². The number of methoxy groups -OCH3 is 1. The maximum Gasteiger partial charge on any atom is 0.300 e. The molecule has 0 aliphatic carbocycles. The van der Waals surface area contributed by atoms with Crippen LogP contribution in [-0.4, -0.2) is 28.9 Å². The molecule has 1 fully saturated rings. The summed E-state index contributed by atoms with van der Waals surface area (Å²) in [7, 11) is 1.49. The number of rotatable bonds is 4. The number of carbonyl (C=O) groups is 2. The Bertz CT molecular complexity index is 1140. The summed E-state index contributed by atoms with van der Waals surface area (Å²) in [6.45, 7) is 0. The fourth-order valence-electron chi connectivity index (χ4n) is 3.53. The highest BCUT2D eigenvalue weighted by Crippen LogP contribution is 2.44. The predicted octanol–water partition coefficient (Wildman–Crippen LogP) is 4.37. The van der Waals surface area contributed by atoms with Crippen molar-refractivity contribution in [1.29, 1.82) is 0 Å². The normalized spacial score (nSPS) is 17.9. The average molecular weight is 421 g/mol. The Balaban J connectivity index is 1.96. The number of Topliss-reactive ketones (excluding diaryl/α,β-unsaturated/α-hetero) is 1. The minimum Gasteiger partial charge on any atom is -0.507 e. The Morgan fingerprint density at radius 2 is 1.80 bits per heavy atom. The lowest BCUT2D eigenvalue weighted by molar-refractivity contribution is -0.132. The van der Waals surface area contributed by atoms with Crippen molar-refractivity contribution in [3.8, 4) is 5.75 Å². The second-order valence-electron chi connectivity index (χ2n) is 6.63. The lowest BCUT2D eigenvalue weighted by Gasteiger charge is -2.26. The number of para-hydroxylation sites is 2. The van der Waals surface area contributed by atoms with Crippen molar-refractivity contribution >= 4 is 34.7 Å². The van der Waals surface area contributed by atoms with E-state index in [1.54, 1.807) is 73.1 Å². The number of aromatic nitrogens is 1. The lowest BCUT2D eigenvalue weighted by Crippen LogP contribution is -2.29. The molecule has 0 bridgehead atoms. The van der Waals surface area contributed by atoms with Crippen LogP contribution in [0, 0.1) is 0 Å². The summed E-state index contributed by atoms with van der Waals surface area (Å²) in [4.78, 5) is 31.6. The van der Waals surface area contributed by atoms with Gasteiger partial charge < -0.3 is 9.84 Å². The van der Waals surface area contributed by atoms with Crippen molar-refractivity contribution in [2.45, 2.75) is 6.04 Å². The number of anilines is 1. The smallest absolute Gasteiger partial charge is 0.300 e. The molecule has 0 spiro atoms. The van der Waals surface area contributed by atoms with E-state index in [0.29, 0.717) is 27.6 Å². The molecular formula is C23H17ClN2O4. The maximum atomic E-state index is 13.1. The Morgan fingerprint density at radius 3 is 2.47 bits per heavy atom. The van der Waals surface area contributed by atoms with Crippen LogP contribution in [0.4, 0.5) is 5.69 Å². The first-order valence-corrected chi connectivity index (χ1v) is 9.50. The van der Waals surface area contributed by atoms with Crippen molar-refractivity contribution in [2.24, 2.45) is 0 Å². The van der Waals surface area contributed by atoms with Crippen molar-refractivity contribution in [1.82, 2.24) is 4.98 Å². The number of carbonyl (C=O) groups excluding carboxylic acids is 2. The van der Waals surface area contributed by atoms with Crippen molar-refractivity contribution in [3.05, 3.63) is 94.8 Å². The number of halogens is 1. The summed E-state index contributed by atoms with van der Waals surface area (Å²) in [5.74, 6) is -1.40. The third-order valence-electron chi connectivity index (χ3n) is 4.91. The Kier molecular flexibility index (Phi) is 5.25. The molecule has 1 N–H and O–H groups in total. The van der Waals surface area contributed by atoms with Gasteiger partial charge in [-0.2, -0.15) is 0 Å². The van der Waals surface area contributed by atoms with Crippen LogP contribution >= 0.6 is 11.6 Å². The van der Waals surface area contributed by atoms with Crippen LogP contribution in [0.15, 0.2) is 78.6 Å². The van der Waals surface area contributed by atoms with Gasteiger partial charge in [0, 0.05) is 23.0 Å². The number of ether oxygens (including phenoxy) is 1. The Morgan fingerprint density at radius 1 is 1.07 bits per heavy atom. The largest absolute Gasteiger partial charge is 0.507 e. The molecule has 3 aromatic rings. The second-order valence-corrected chi connectivity index (χ2v) is 7.07. The number of amides is 1. The van der Waals surface area contributed by atoms with E-state index in [4.69, 9.17) is 16.3 Å². The van der Waals surface area contributed by atoms with Crippen molar-refractivity contribution in [2.75, 3.05) is 12.0 Å². The van der Waals surface area contributed by atoms with Gasteiger partial charge in [0.15, 0.2) is 0 Å². The van der Waals surface area contributed by atoms with Crippen LogP contribution in [0.3, 0.4) is 0 Å². The molecule has 2 heterocycles. The number of pyridine rings is 1. The number of hydrogen-bond acceptors (Lipinski definition) is 5. The van der Waals surface area contributed by atoms with Gasteiger partial charge in [-0.25, -0.2) is 0 Å². The van der Waals surface area contributed by atoms with Gasteiger partial charge in [-0.3, -0.25) is 19.5 Å². The number of aliphatic hydroxyl groups is 1. The first-order chi connectivity index (χ1) is 14.5. The number of aliphatic hydroxyl groups excluding tert-OH is 1. The van der Waals surface area contributed by atoms with Crippen molar-refractivity contribution in [3.63, 3.8) is 0 Å². The summed E-state index contributed by atoms with van der Waals surface area (Å²) >= 11 is 5.94. The number of nitrogens with zero attached hydrogens (tertiary/aromatic N) is 2. The van der Waals surface area contributed by atoms with Crippen molar-refractivity contribution < 1.29 is 19.4 Å². The van der Waals surface area contributed by atoms with Crippen LogP contribution < -0.4 is 9.64 Å². The van der Waals surface area contributed by atoms with E-state index in [9.17, 15) is 14.7 Å². The summed E-state index contributed by atoms with van der Waals surface area (Å²) in [5.41, 5.74) is 1.36. The number of benzene rings is 2. The summed E-state index contributed by atoms with van der Waals surface area (Å²) in [5, 5.41) is 11.5. The highest BCUT2D eigenvalue weighted by atomic mass is 35.5. The average Bonchev–Trinajstić information content (AvgIpc) is 3.05. The van der Waals surface area contributed by atoms with Gasteiger partial charge in [-0.05, 0) is 48.0 Å². The molecule has 150 valence electrons. The fourth-order valence-corrected chi connectivity index (χ4v) is 3.65. The molecule has 6 nitrogen and oxygen atoms in total. The van der Waals surface area contributed by atoms with Crippen LogP contribution in [0.5, 0.6) is 5.75 Å². The molecule has 1 unspecified atom stereocenters. The predicted molar refractivity (Wildman–Crippen MR) is 113 cm³/mol.